The molecule has 0 aliphatic carbocycles. The average molecular weight is 375 g/mol. The summed E-state index contributed by atoms with van der Waals surface area (Å²) in [5.74, 6) is -0.744. The molecule has 1 saturated heterocycles. The number of amides is 1. The summed E-state index contributed by atoms with van der Waals surface area (Å²) in [6.45, 7) is 0.481. The summed E-state index contributed by atoms with van der Waals surface area (Å²) >= 11 is 3.24. The van der Waals surface area contributed by atoms with Crippen LogP contribution in [0.4, 0.5) is 0 Å². The second-order valence-corrected chi connectivity index (χ2v) is 7.44. The Hall–Kier alpha value is -1.52. The molecule has 3 rings (SSSR count). The van der Waals surface area contributed by atoms with Gasteiger partial charge in [0.15, 0.2) is 5.65 Å². The number of rotatable bonds is 3. The molecule has 2 aromatic heterocycles. The van der Waals surface area contributed by atoms with Crippen LogP contribution in [0.2, 0.25) is 0 Å². The number of fused-ring (bicyclic) bond motifs is 1. The Labute approximate surface area is 128 Å². The lowest BCUT2D eigenvalue weighted by atomic mass is 10.3. The highest BCUT2D eigenvalue weighted by atomic mass is 79.9. The molecule has 1 amide bonds. The minimum atomic E-state index is -3.76. The van der Waals surface area contributed by atoms with Crippen molar-refractivity contribution in [2.45, 2.75) is 11.7 Å². The first-order valence-electron chi connectivity index (χ1n) is 6.10. The zero-order chi connectivity index (χ0) is 15.0. The molecule has 21 heavy (non-hydrogen) atoms. The maximum absolute atomic E-state index is 12.1. The van der Waals surface area contributed by atoms with Gasteiger partial charge in [-0.2, -0.15) is 5.10 Å². The molecule has 10 heteroatoms. The van der Waals surface area contributed by atoms with E-state index in [2.05, 4.69) is 30.7 Å². The highest BCUT2D eigenvalue weighted by molar-refractivity contribution is 9.10. The minimum absolute atomic E-state index is 0.0998. The molecule has 1 aliphatic rings. The van der Waals surface area contributed by atoms with Crippen molar-refractivity contribution in [2.75, 3.05) is 13.2 Å². The van der Waals surface area contributed by atoms with Crippen LogP contribution in [0.5, 0.6) is 0 Å². The fraction of sp³-hybridized carbons (Fsp3) is 0.364. The summed E-state index contributed by atoms with van der Waals surface area (Å²) in [6.07, 6.45) is 4.79. The van der Waals surface area contributed by atoms with Crippen LogP contribution >= 0.6 is 15.9 Å². The number of ether oxygens (including phenoxy) is 1. The molecule has 3 heterocycles. The van der Waals surface area contributed by atoms with Gasteiger partial charge in [0.1, 0.15) is 10.8 Å². The Balaban J connectivity index is 1.87. The maximum atomic E-state index is 12.1. The van der Waals surface area contributed by atoms with Gasteiger partial charge in [0.25, 0.3) is 5.91 Å². The third-order valence-corrected chi connectivity index (χ3v) is 5.26. The van der Waals surface area contributed by atoms with Crippen LogP contribution in [0.15, 0.2) is 23.1 Å². The summed E-state index contributed by atoms with van der Waals surface area (Å²) in [6, 6.07) is 0. The summed E-state index contributed by atoms with van der Waals surface area (Å²) < 4.78 is 33.3. The first-order chi connectivity index (χ1) is 9.97. The largest absolute Gasteiger partial charge is 0.380 e. The van der Waals surface area contributed by atoms with Crippen LogP contribution in [-0.2, 0) is 14.8 Å². The number of carbonyl (C=O) groups is 1. The highest BCUT2D eigenvalue weighted by Gasteiger charge is 2.32. The number of aromatic nitrogens is 3. The van der Waals surface area contributed by atoms with E-state index in [0.717, 1.165) is 0 Å². The third kappa shape index (κ3) is 2.78. The molecule has 0 radical (unpaired) electrons. The molecule has 1 atom stereocenters. The maximum Gasteiger partial charge on any atom is 0.270 e. The van der Waals surface area contributed by atoms with Gasteiger partial charge in [-0.25, -0.2) is 22.6 Å². The van der Waals surface area contributed by atoms with Gasteiger partial charge in [-0.1, -0.05) is 0 Å². The summed E-state index contributed by atoms with van der Waals surface area (Å²) in [4.78, 5) is 16.2. The van der Waals surface area contributed by atoms with Crippen LogP contribution in [0.1, 0.15) is 16.8 Å². The number of hydrogen-bond acceptors (Lipinski definition) is 6. The van der Waals surface area contributed by atoms with E-state index < -0.39 is 21.2 Å². The lowest BCUT2D eigenvalue weighted by Gasteiger charge is -2.10. The van der Waals surface area contributed by atoms with Crippen molar-refractivity contribution < 1.29 is 17.9 Å². The smallest absolute Gasteiger partial charge is 0.270 e. The summed E-state index contributed by atoms with van der Waals surface area (Å²) in [5, 5.41) is 3.27. The normalized spacial score (nSPS) is 19.0. The van der Waals surface area contributed by atoms with Gasteiger partial charge < -0.3 is 4.74 Å². The number of halogens is 1. The van der Waals surface area contributed by atoms with Gasteiger partial charge in [0, 0.05) is 19.0 Å². The Kier molecular flexibility index (Phi) is 3.68. The van der Waals surface area contributed by atoms with Crippen LogP contribution in [0, 0.1) is 0 Å². The number of nitrogens with one attached hydrogen (secondary N) is 1. The zero-order valence-electron chi connectivity index (χ0n) is 10.7. The molecule has 0 saturated carbocycles. The minimum Gasteiger partial charge on any atom is -0.380 e. The first-order valence-corrected chi connectivity index (χ1v) is 8.44. The van der Waals surface area contributed by atoms with E-state index in [-0.39, 0.29) is 17.8 Å². The monoisotopic (exact) mass is 374 g/mol. The number of hydrogen-bond donors (Lipinski definition) is 1. The molecule has 0 aromatic carbocycles. The zero-order valence-corrected chi connectivity index (χ0v) is 13.1. The van der Waals surface area contributed by atoms with Crippen LogP contribution in [0.25, 0.3) is 5.65 Å². The van der Waals surface area contributed by atoms with Crippen molar-refractivity contribution in [3.05, 3.63) is 28.6 Å². The molecule has 112 valence electrons. The summed E-state index contributed by atoms with van der Waals surface area (Å²) in [7, 11) is -3.76. The SMILES string of the molecule is O=C(NS(=O)(=O)C1CCOC1)c1cnn2cc(Br)cnc12. The van der Waals surface area contributed by atoms with Gasteiger partial charge in [-0.05, 0) is 22.4 Å². The molecule has 2 aromatic rings. The Bertz CT molecular complexity index is 798. The predicted octanol–water partition coefficient (Wildman–Crippen LogP) is 0.340. The molecule has 8 nitrogen and oxygen atoms in total. The van der Waals surface area contributed by atoms with Crippen molar-refractivity contribution >= 4 is 37.5 Å². The van der Waals surface area contributed by atoms with Crippen LogP contribution < -0.4 is 4.72 Å². The van der Waals surface area contributed by atoms with Crippen molar-refractivity contribution in [1.82, 2.24) is 19.3 Å². The average Bonchev–Trinajstić information content (AvgIpc) is 3.07. The van der Waals surface area contributed by atoms with E-state index in [1.807, 2.05) is 0 Å². The fourth-order valence-corrected chi connectivity index (χ4v) is 3.55. The molecule has 0 spiro atoms. The van der Waals surface area contributed by atoms with Crippen molar-refractivity contribution in [1.29, 1.82) is 0 Å². The molecular weight excluding hydrogens is 364 g/mol. The molecule has 1 N–H and O–H groups in total. The predicted molar refractivity (Wildman–Crippen MR) is 76.3 cm³/mol. The molecule has 0 bridgehead atoms. The van der Waals surface area contributed by atoms with Crippen molar-refractivity contribution in [2.24, 2.45) is 0 Å². The number of carbonyl (C=O) groups excluding carboxylic acids is 1. The number of sulfonamides is 1. The second-order valence-electron chi connectivity index (χ2n) is 4.56. The van der Waals surface area contributed by atoms with Crippen molar-refractivity contribution in [3.63, 3.8) is 0 Å². The van der Waals surface area contributed by atoms with E-state index in [1.54, 1.807) is 6.20 Å². The van der Waals surface area contributed by atoms with E-state index in [9.17, 15) is 13.2 Å². The van der Waals surface area contributed by atoms with Gasteiger partial charge in [-0.15, -0.1) is 0 Å². The Morgan fingerprint density at radius 3 is 3.00 bits per heavy atom. The van der Waals surface area contributed by atoms with E-state index >= 15 is 0 Å². The lowest BCUT2D eigenvalue weighted by molar-refractivity contribution is 0.0982. The van der Waals surface area contributed by atoms with Gasteiger partial charge >= 0.3 is 0 Å². The third-order valence-electron chi connectivity index (χ3n) is 3.13. The second kappa shape index (κ2) is 5.35. The number of nitrogens with zero attached hydrogens (tertiary/aromatic N) is 3. The quantitative estimate of drug-likeness (QED) is 0.830. The lowest BCUT2D eigenvalue weighted by Crippen LogP contribution is -2.38. The Morgan fingerprint density at radius 1 is 1.48 bits per heavy atom. The van der Waals surface area contributed by atoms with E-state index in [1.165, 1.54) is 16.9 Å². The first kappa shape index (κ1) is 14.4. The van der Waals surface area contributed by atoms with Gasteiger partial charge in [0.05, 0.1) is 17.3 Å². The molecule has 1 fully saturated rings. The Morgan fingerprint density at radius 2 is 2.29 bits per heavy atom. The van der Waals surface area contributed by atoms with Crippen LogP contribution in [-0.4, -0.2) is 47.4 Å². The molecule has 1 aliphatic heterocycles. The fourth-order valence-electron chi connectivity index (χ4n) is 2.04. The van der Waals surface area contributed by atoms with E-state index in [0.29, 0.717) is 17.5 Å². The highest BCUT2D eigenvalue weighted by Crippen LogP contribution is 2.15. The van der Waals surface area contributed by atoms with Gasteiger partial charge in [-0.3, -0.25) is 4.79 Å². The topological polar surface area (TPSA) is 103 Å². The molecule has 1 unspecified atom stereocenters. The van der Waals surface area contributed by atoms with Gasteiger partial charge in [0.2, 0.25) is 10.0 Å². The standard InChI is InChI=1S/C11H11BrN4O4S/c12-7-3-13-10-9(4-14-16(10)5-7)11(17)15-21(18,19)8-1-2-20-6-8/h3-5,8H,1-2,6H2,(H,15,17). The molecular formula is C11H11BrN4O4S. The van der Waals surface area contributed by atoms with Crippen molar-refractivity contribution in [3.8, 4) is 0 Å². The van der Waals surface area contributed by atoms with Crippen LogP contribution in [0.3, 0.4) is 0 Å². The summed E-state index contributed by atoms with van der Waals surface area (Å²) in [5.41, 5.74) is 0.388. The van der Waals surface area contributed by atoms with E-state index in [4.69, 9.17) is 4.74 Å².